The molecular weight excluding hydrogens is 318 g/mol. The number of carboxylic acid groups (broad SMARTS) is 1. The van der Waals surface area contributed by atoms with Crippen LogP contribution in [0.15, 0.2) is 42.5 Å². The summed E-state index contributed by atoms with van der Waals surface area (Å²) in [5.41, 5.74) is 2.04. The average Bonchev–Trinajstić information content (AvgIpc) is 2.56. The van der Waals surface area contributed by atoms with Crippen LogP contribution in [0.25, 0.3) is 0 Å². The Balaban J connectivity index is 2.41. The summed E-state index contributed by atoms with van der Waals surface area (Å²) in [6.45, 7) is 5.52. The van der Waals surface area contributed by atoms with Gasteiger partial charge in [-0.1, -0.05) is 24.3 Å². The van der Waals surface area contributed by atoms with Crippen LogP contribution in [0.2, 0.25) is 0 Å². The van der Waals surface area contributed by atoms with E-state index in [1.807, 2.05) is 26.0 Å². The smallest absolute Gasteiger partial charge is 0.306 e. The molecule has 0 bridgehead atoms. The van der Waals surface area contributed by atoms with E-state index in [0.717, 1.165) is 11.1 Å². The van der Waals surface area contributed by atoms with E-state index >= 15 is 0 Å². The van der Waals surface area contributed by atoms with Crippen molar-refractivity contribution in [1.29, 1.82) is 0 Å². The van der Waals surface area contributed by atoms with Crippen LogP contribution in [0.5, 0.6) is 5.75 Å². The van der Waals surface area contributed by atoms with Crippen molar-refractivity contribution < 1.29 is 19.4 Å². The molecule has 2 aromatic rings. The number of carbonyl (C=O) groups is 2. The molecule has 0 heterocycles. The first-order chi connectivity index (χ1) is 11.8. The van der Waals surface area contributed by atoms with Crippen molar-refractivity contribution in [3.05, 3.63) is 64.7 Å². The minimum absolute atomic E-state index is 0.239. The summed E-state index contributed by atoms with van der Waals surface area (Å²) >= 11 is 0. The van der Waals surface area contributed by atoms with Crippen molar-refractivity contribution in [2.45, 2.75) is 32.7 Å². The largest absolute Gasteiger partial charge is 0.497 e. The molecule has 0 aliphatic heterocycles. The van der Waals surface area contributed by atoms with E-state index in [1.165, 1.54) is 0 Å². The van der Waals surface area contributed by atoms with E-state index in [0.29, 0.717) is 16.9 Å². The second kappa shape index (κ2) is 7.38. The fourth-order valence-electron chi connectivity index (χ4n) is 2.80. The maximum atomic E-state index is 12.8. The molecule has 1 amide bonds. The molecule has 0 saturated carbocycles. The van der Waals surface area contributed by atoms with Crippen LogP contribution < -0.4 is 10.1 Å². The standard InChI is InChI=1S/C20H23NO4/c1-13-7-5-10-17(14(13)2)19(24)21-20(3,12-18(22)23)15-8-6-9-16(11-15)25-4/h5-11H,12H2,1-4H3,(H,21,24)(H,22,23). The first-order valence-electron chi connectivity index (χ1n) is 8.02. The van der Waals surface area contributed by atoms with Gasteiger partial charge in [0.1, 0.15) is 5.75 Å². The molecule has 2 N–H and O–H groups in total. The van der Waals surface area contributed by atoms with Crippen LogP contribution in [0.4, 0.5) is 0 Å². The summed E-state index contributed by atoms with van der Waals surface area (Å²) < 4.78 is 5.22. The molecule has 0 saturated heterocycles. The van der Waals surface area contributed by atoms with E-state index < -0.39 is 11.5 Å². The monoisotopic (exact) mass is 341 g/mol. The number of ether oxygens (including phenoxy) is 1. The van der Waals surface area contributed by atoms with Gasteiger partial charge in [0.25, 0.3) is 5.91 Å². The molecule has 1 atom stereocenters. The number of hydrogen-bond acceptors (Lipinski definition) is 3. The molecule has 2 rings (SSSR count). The molecule has 0 radical (unpaired) electrons. The average molecular weight is 341 g/mol. The van der Waals surface area contributed by atoms with Gasteiger partial charge in [-0.25, -0.2) is 0 Å². The van der Waals surface area contributed by atoms with Crippen molar-refractivity contribution in [2.24, 2.45) is 0 Å². The van der Waals surface area contributed by atoms with Gasteiger partial charge in [-0.05, 0) is 55.7 Å². The molecule has 5 nitrogen and oxygen atoms in total. The van der Waals surface area contributed by atoms with Crippen LogP contribution in [-0.4, -0.2) is 24.1 Å². The zero-order valence-corrected chi connectivity index (χ0v) is 14.9. The second-order valence-corrected chi connectivity index (χ2v) is 6.34. The van der Waals surface area contributed by atoms with Crippen molar-refractivity contribution >= 4 is 11.9 Å². The first kappa shape index (κ1) is 18.5. The van der Waals surface area contributed by atoms with Crippen LogP contribution in [0.1, 0.15) is 40.4 Å². The molecule has 132 valence electrons. The molecule has 0 aliphatic carbocycles. The van der Waals surface area contributed by atoms with Gasteiger partial charge in [-0.3, -0.25) is 9.59 Å². The number of carboxylic acids is 1. The highest BCUT2D eigenvalue weighted by Crippen LogP contribution is 2.28. The highest BCUT2D eigenvalue weighted by Gasteiger charge is 2.32. The van der Waals surface area contributed by atoms with Crippen LogP contribution in [0.3, 0.4) is 0 Å². The number of carbonyl (C=O) groups excluding carboxylic acids is 1. The summed E-state index contributed by atoms with van der Waals surface area (Å²) in [4.78, 5) is 24.2. The number of rotatable bonds is 6. The third-order valence-corrected chi connectivity index (χ3v) is 4.45. The minimum Gasteiger partial charge on any atom is -0.497 e. The molecular formula is C20H23NO4. The van der Waals surface area contributed by atoms with Gasteiger partial charge in [-0.15, -0.1) is 0 Å². The van der Waals surface area contributed by atoms with Crippen molar-refractivity contribution in [3.8, 4) is 5.75 Å². The summed E-state index contributed by atoms with van der Waals surface area (Å²) in [5, 5.41) is 12.2. The van der Waals surface area contributed by atoms with Gasteiger partial charge in [0, 0.05) is 5.56 Å². The Hall–Kier alpha value is -2.82. The van der Waals surface area contributed by atoms with Gasteiger partial charge in [0.2, 0.25) is 0 Å². The quantitative estimate of drug-likeness (QED) is 0.844. The summed E-state index contributed by atoms with van der Waals surface area (Å²) in [6.07, 6.45) is -0.239. The third-order valence-electron chi connectivity index (χ3n) is 4.45. The van der Waals surface area contributed by atoms with Crippen LogP contribution in [-0.2, 0) is 10.3 Å². The van der Waals surface area contributed by atoms with Gasteiger partial charge in [-0.2, -0.15) is 0 Å². The maximum Gasteiger partial charge on any atom is 0.306 e. The Morgan fingerprint density at radius 2 is 1.84 bits per heavy atom. The Morgan fingerprint density at radius 1 is 1.16 bits per heavy atom. The summed E-state index contributed by atoms with van der Waals surface area (Å²) in [7, 11) is 1.54. The highest BCUT2D eigenvalue weighted by molar-refractivity contribution is 5.96. The Labute approximate surface area is 147 Å². The molecule has 25 heavy (non-hydrogen) atoms. The van der Waals surface area contributed by atoms with E-state index in [2.05, 4.69) is 5.32 Å². The second-order valence-electron chi connectivity index (χ2n) is 6.34. The molecule has 1 unspecified atom stereocenters. The number of benzene rings is 2. The van der Waals surface area contributed by atoms with E-state index in [1.54, 1.807) is 44.4 Å². The molecule has 2 aromatic carbocycles. The first-order valence-corrected chi connectivity index (χ1v) is 8.02. The highest BCUT2D eigenvalue weighted by atomic mass is 16.5. The van der Waals surface area contributed by atoms with Gasteiger partial charge in [0.15, 0.2) is 0 Å². The molecule has 0 aliphatic rings. The normalized spacial score (nSPS) is 13.0. The fourth-order valence-corrected chi connectivity index (χ4v) is 2.80. The maximum absolute atomic E-state index is 12.8. The third kappa shape index (κ3) is 4.18. The molecule has 0 aromatic heterocycles. The van der Waals surface area contributed by atoms with E-state index in [4.69, 9.17) is 4.74 Å². The zero-order chi connectivity index (χ0) is 18.6. The number of methoxy groups -OCH3 is 1. The van der Waals surface area contributed by atoms with Crippen molar-refractivity contribution in [1.82, 2.24) is 5.32 Å². The van der Waals surface area contributed by atoms with Crippen LogP contribution in [0, 0.1) is 13.8 Å². The minimum atomic E-state index is -1.06. The zero-order valence-electron chi connectivity index (χ0n) is 14.9. The number of amides is 1. The Bertz CT molecular complexity index is 800. The van der Waals surface area contributed by atoms with E-state index in [-0.39, 0.29) is 12.3 Å². The van der Waals surface area contributed by atoms with Crippen LogP contribution >= 0.6 is 0 Å². The van der Waals surface area contributed by atoms with Gasteiger partial charge < -0.3 is 15.2 Å². The summed E-state index contributed by atoms with van der Waals surface area (Å²) in [5.74, 6) is -0.686. The molecule has 5 heteroatoms. The number of aryl methyl sites for hydroxylation is 1. The van der Waals surface area contributed by atoms with Gasteiger partial charge >= 0.3 is 5.97 Å². The number of aliphatic carboxylic acids is 1. The number of nitrogens with one attached hydrogen (secondary N) is 1. The lowest BCUT2D eigenvalue weighted by Crippen LogP contribution is -2.45. The fraction of sp³-hybridized carbons (Fsp3) is 0.300. The lowest BCUT2D eigenvalue weighted by Gasteiger charge is -2.30. The van der Waals surface area contributed by atoms with E-state index in [9.17, 15) is 14.7 Å². The topological polar surface area (TPSA) is 75.6 Å². The predicted octanol–water partition coefficient (Wildman–Crippen LogP) is 3.43. The van der Waals surface area contributed by atoms with Crippen molar-refractivity contribution in [2.75, 3.05) is 7.11 Å². The lowest BCUT2D eigenvalue weighted by atomic mass is 9.87. The summed E-state index contributed by atoms with van der Waals surface area (Å²) in [6, 6.07) is 12.6. The Morgan fingerprint density at radius 3 is 2.48 bits per heavy atom. The Kier molecular flexibility index (Phi) is 5.47. The molecule has 0 fully saturated rings. The number of hydrogen-bond donors (Lipinski definition) is 2. The van der Waals surface area contributed by atoms with Gasteiger partial charge in [0.05, 0.1) is 19.1 Å². The predicted molar refractivity (Wildman–Crippen MR) is 96.0 cm³/mol. The van der Waals surface area contributed by atoms with Crippen molar-refractivity contribution in [3.63, 3.8) is 0 Å². The molecule has 0 spiro atoms. The lowest BCUT2D eigenvalue weighted by molar-refractivity contribution is -0.138. The SMILES string of the molecule is COc1cccc(C(C)(CC(=O)O)NC(=O)c2cccc(C)c2C)c1.